The number of ether oxygens (including phenoxy) is 2. The van der Waals surface area contributed by atoms with Crippen LogP contribution in [0.4, 0.5) is 0 Å². The maximum atomic E-state index is 11.3. The summed E-state index contributed by atoms with van der Waals surface area (Å²) in [7, 11) is 1.49. The molecule has 0 spiro atoms. The van der Waals surface area contributed by atoms with Gasteiger partial charge in [0.1, 0.15) is 12.2 Å². The van der Waals surface area contributed by atoms with Crippen LogP contribution in [0.5, 0.6) is 11.5 Å². The minimum atomic E-state index is -0.792. The summed E-state index contributed by atoms with van der Waals surface area (Å²) in [5.74, 6) is 0.809. The van der Waals surface area contributed by atoms with Crippen LogP contribution in [0.3, 0.4) is 0 Å². The lowest BCUT2D eigenvalue weighted by atomic mass is 9.81. The third-order valence-electron chi connectivity index (χ3n) is 4.57. The van der Waals surface area contributed by atoms with E-state index in [1.54, 1.807) is 0 Å². The van der Waals surface area contributed by atoms with Crippen LogP contribution >= 0.6 is 0 Å². The summed E-state index contributed by atoms with van der Waals surface area (Å²) < 4.78 is 11.0. The zero-order valence-electron chi connectivity index (χ0n) is 14.1. The van der Waals surface area contributed by atoms with E-state index in [2.05, 4.69) is 4.98 Å². The number of aldehydes is 1. The molecule has 5 nitrogen and oxygen atoms in total. The fraction of sp³-hybridized carbons (Fsp3) is 0.556. The Labute approximate surface area is 137 Å². The first-order chi connectivity index (χ1) is 11.0. The van der Waals surface area contributed by atoms with Gasteiger partial charge in [0.25, 0.3) is 0 Å². The van der Waals surface area contributed by atoms with E-state index in [9.17, 15) is 9.90 Å². The Morgan fingerprint density at radius 2 is 2.00 bits per heavy atom. The quantitative estimate of drug-likeness (QED) is 0.617. The van der Waals surface area contributed by atoms with Gasteiger partial charge >= 0.3 is 0 Å². The van der Waals surface area contributed by atoms with Crippen molar-refractivity contribution in [2.24, 2.45) is 0 Å². The van der Waals surface area contributed by atoms with E-state index in [4.69, 9.17) is 9.47 Å². The van der Waals surface area contributed by atoms with Crippen LogP contribution in [0.15, 0.2) is 23.5 Å². The minimum absolute atomic E-state index is 0.362. The molecule has 0 radical (unpaired) electrons. The van der Waals surface area contributed by atoms with Crippen molar-refractivity contribution in [3.05, 3.63) is 29.1 Å². The molecular weight excluding hydrogens is 294 g/mol. The highest BCUT2D eigenvalue weighted by atomic mass is 16.5. The van der Waals surface area contributed by atoms with E-state index < -0.39 is 5.60 Å². The number of aromatic nitrogens is 1. The van der Waals surface area contributed by atoms with Gasteiger partial charge in [0.05, 0.1) is 25.1 Å². The first kappa shape index (κ1) is 17.5. The van der Waals surface area contributed by atoms with Gasteiger partial charge in [0, 0.05) is 0 Å². The zero-order chi connectivity index (χ0) is 16.9. The van der Waals surface area contributed by atoms with Crippen molar-refractivity contribution in [2.75, 3.05) is 13.7 Å². The summed E-state index contributed by atoms with van der Waals surface area (Å²) in [6.07, 6.45) is 8.40. The summed E-state index contributed by atoms with van der Waals surface area (Å²) in [4.78, 5) is 15.3. The Balaban J connectivity index is 2.23. The normalized spacial score (nSPS) is 17.6. The molecule has 1 N–H and O–H groups in total. The van der Waals surface area contributed by atoms with Gasteiger partial charge in [-0.3, -0.25) is 9.78 Å². The summed E-state index contributed by atoms with van der Waals surface area (Å²) in [6.45, 7) is 4.20. The standard InChI is InChI=1S/C18H25NO4/c1-4-18(2,21)15-8-6-5-7-13(15)12-23-17-10-19-9-16(22-3)14(17)11-20/h9-11,21H,4-8,12H2,1-3H3. The molecule has 1 unspecified atom stereocenters. The molecule has 1 heterocycles. The molecule has 0 aromatic carbocycles. The van der Waals surface area contributed by atoms with Crippen molar-refractivity contribution in [1.82, 2.24) is 4.98 Å². The molecule has 0 bridgehead atoms. The highest BCUT2D eigenvalue weighted by Crippen LogP contribution is 2.35. The van der Waals surface area contributed by atoms with Crippen LogP contribution < -0.4 is 9.47 Å². The number of rotatable bonds is 7. The summed E-state index contributed by atoms with van der Waals surface area (Å²) in [6, 6.07) is 0. The van der Waals surface area contributed by atoms with E-state index in [1.807, 2.05) is 13.8 Å². The van der Waals surface area contributed by atoms with Crippen molar-refractivity contribution >= 4 is 6.29 Å². The number of carbonyl (C=O) groups is 1. The lowest BCUT2D eigenvalue weighted by Crippen LogP contribution is -2.29. The van der Waals surface area contributed by atoms with Crippen LogP contribution in [0.1, 0.15) is 56.3 Å². The predicted octanol–water partition coefficient (Wildman–Crippen LogP) is 3.31. The van der Waals surface area contributed by atoms with Gasteiger partial charge in [0.2, 0.25) is 0 Å². The molecule has 0 fully saturated rings. The van der Waals surface area contributed by atoms with E-state index in [0.29, 0.717) is 36.4 Å². The molecule has 0 aliphatic heterocycles. The van der Waals surface area contributed by atoms with Crippen molar-refractivity contribution in [1.29, 1.82) is 0 Å². The second-order valence-electron chi connectivity index (χ2n) is 6.08. The average molecular weight is 319 g/mol. The number of methoxy groups -OCH3 is 1. The maximum Gasteiger partial charge on any atom is 0.157 e. The number of hydrogen-bond donors (Lipinski definition) is 1. The Morgan fingerprint density at radius 1 is 1.30 bits per heavy atom. The van der Waals surface area contributed by atoms with Crippen molar-refractivity contribution < 1.29 is 19.4 Å². The van der Waals surface area contributed by atoms with Crippen molar-refractivity contribution in [3.8, 4) is 11.5 Å². The molecule has 0 saturated carbocycles. The van der Waals surface area contributed by atoms with Crippen molar-refractivity contribution in [2.45, 2.75) is 51.6 Å². The molecule has 1 aromatic heterocycles. The highest BCUT2D eigenvalue weighted by Gasteiger charge is 2.28. The Morgan fingerprint density at radius 3 is 2.65 bits per heavy atom. The molecule has 2 rings (SSSR count). The minimum Gasteiger partial charge on any atom is -0.494 e. The molecule has 5 heteroatoms. The van der Waals surface area contributed by atoms with Crippen LogP contribution in [0, 0.1) is 0 Å². The largest absolute Gasteiger partial charge is 0.494 e. The second-order valence-corrected chi connectivity index (χ2v) is 6.08. The van der Waals surface area contributed by atoms with Crippen LogP contribution in [-0.4, -0.2) is 35.7 Å². The van der Waals surface area contributed by atoms with Gasteiger partial charge in [-0.1, -0.05) is 6.92 Å². The Kier molecular flexibility index (Phi) is 5.77. The second kappa shape index (κ2) is 7.59. The Hall–Kier alpha value is -1.88. The highest BCUT2D eigenvalue weighted by molar-refractivity contribution is 5.83. The summed E-state index contributed by atoms with van der Waals surface area (Å²) >= 11 is 0. The molecule has 0 amide bonds. The average Bonchev–Trinajstić information content (AvgIpc) is 2.59. The number of pyridine rings is 1. The number of aliphatic hydroxyl groups is 1. The molecular formula is C18H25NO4. The van der Waals surface area contributed by atoms with Crippen molar-refractivity contribution in [3.63, 3.8) is 0 Å². The fourth-order valence-corrected chi connectivity index (χ4v) is 2.98. The van der Waals surface area contributed by atoms with E-state index in [-0.39, 0.29) is 0 Å². The monoisotopic (exact) mass is 319 g/mol. The lowest BCUT2D eigenvalue weighted by molar-refractivity contribution is 0.0861. The maximum absolute atomic E-state index is 11.3. The van der Waals surface area contributed by atoms with Gasteiger partial charge < -0.3 is 14.6 Å². The van der Waals surface area contributed by atoms with E-state index >= 15 is 0 Å². The van der Waals surface area contributed by atoms with Gasteiger partial charge in [0.15, 0.2) is 17.8 Å². The zero-order valence-corrected chi connectivity index (χ0v) is 14.1. The van der Waals surface area contributed by atoms with Crippen LogP contribution in [-0.2, 0) is 0 Å². The first-order valence-corrected chi connectivity index (χ1v) is 8.07. The topological polar surface area (TPSA) is 68.7 Å². The summed E-state index contributed by atoms with van der Waals surface area (Å²) in [5.41, 5.74) is 1.78. The van der Waals surface area contributed by atoms with Gasteiger partial charge in [-0.05, 0) is 50.2 Å². The predicted molar refractivity (Wildman–Crippen MR) is 88.1 cm³/mol. The van der Waals surface area contributed by atoms with Gasteiger partial charge in [-0.15, -0.1) is 0 Å². The number of nitrogens with zero attached hydrogens (tertiary/aromatic N) is 1. The van der Waals surface area contributed by atoms with Crippen LogP contribution in [0.2, 0.25) is 0 Å². The van der Waals surface area contributed by atoms with Gasteiger partial charge in [-0.2, -0.15) is 0 Å². The Bertz CT molecular complexity index is 593. The molecule has 1 aromatic rings. The molecule has 23 heavy (non-hydrogen) atoms. The smallest absolute Gasteiger partial charge is 0.157 e. The molecule has 1 aliphatic carbocycles. The lowest BCUT2D eigenvalue weighted by Gasteiger charge is -2.31. The first-order valence-electron chi connectivity index (χ1n) is 8.07. The third-order valence-corrected chi connectivity index (χ3v) is 4.57. The summed E-state index contributed by atoms with van der Waals surface area (Å²) in [5, 5.41) is 10.6. The fourth-order valence-electron chi connectivity index (χ4n) is 2.98. The van der Waals surface area contributed by atoms with Crippen LogP contribution in [0.25, 0.3) is 0 Å². The SMILES string of the molecule is CCC(C)(O)C1=C(COc2cncc(OC)c2C=O)CCCC1. The molecule has 1 atom stereocenters. The van der Waals surface area contributed by atoms with Gasteiger partial charge in [-0.25, -0.2) is 0 Å². The number of carbonyl (C=O) groups excluding carboxylic acids is 1. The third kappa shape index (κ3) is 3.91. The molecule has 1 aliphatic rings. The van der Waals surface area contributed by atoms with E-state index in [0.717, 1.165) is 36.8 Å². The molecule has 126 valence electrons. The molecule has 0 saturated heterocycles. The number of hydrogen-bond acceptors (Lipinski definition) is 5. The van der Waals surface area contributed by atoms with E-state index in [1.165, 1.54) is 19.5 Å².